The highest BCUT2D eigenvalue weighted by molar-refractivity contribution is 6.36. The van der Waals surface area contributed by atoms with E-state index in [9.17, 15) is 4.79 Å². The van der Waals surface area contributed by atoms with Crippen molar-refractivity contribution in [2.45, 2.75) is 0 Å². The van der Waals surface area contributed by atoms with Crippen LogP contribution in [0.4, 0.5) is 5.69 Å². The maximum atomic E-state index is 12.2. The predicted molar refractivity (Wildman–Crippen MR) is 82.2 cm³/mol. The smallest absolute Gasteiger partial charge is 0.258 e. The Labute approximate surface area is 120 Å². The minimum atomic E-state index is -0.166. The molecule has 0 saturated carbocycles. The summed E-state index contributed by atoms with van der Waals surface area (Å²) in [6.07, 6.45) is 1.74. The van der Waals surface area contributed by atoms with Gasteiger partial charge in [0.15, 0.2) is 0 Å². The van der Waals surface area contributed by atoms with Gasteiger partial charge in [0.2, 0.25) is 0 Å². The zero-order valence-corrected chi connectivity index (χ0v) is 11.1. The molecule has 5 heteroatoms. The van der Waals surface area contributed by atoms with Gasteiger partial charge in [0.05, 0.1) is 23.0 Å². The van der Waals surface area contributed by atoms with Gasteiger partial charge in [0.1, 0.15) is 0 Å². The number of carbonyl (C=O) groups is 1. The number of carbonyl (C=O) groups excluding carboxylic acids is 1. The van der Waals surface area contributed by atoms with Crippen molar-refractivity contribution in [1.29, 1.82) is 0 Å². The minimum absolute atomic E-state index is 0.166. The summed E-state index contributed by atoms with van der Waals surface area (Å²) < 4.78 is 0. The largest absolute Gasteiger partial charge is 0.398 e. The quantitative estimate of drug-likeness (QED) is 0.596. The maximum absolute atomic E-state index is 12.2. The van der Waals surface area contributed by atoms with E-state index in [0.29, 0.717) is 11.3 Å². The van der Waals surface area contributed by atoms with Crippen LogP contribution in [-0.2, 0) is 4.79 Å². The normalized spacial score (nSPS) is 15.9. The molecule has 0 spiro atoms. The van der Waals surface area contributed by atoms with E-state index in [4.69, 9.17) is 5.73 Å². The van der Waals surface area contributed by atoms with Gasteiger partial charge in [-0.3, -0.25) is 9.89 Å². The number of amides is 1. The highest BCUT2D eigenvalue weighted by atomic mass is 16.2. The molecule has 0 fully saturated rings. The topological polar surface area (TPSA) is 83.8 Å². The molecule has 0 radical (unpaired) electrons. The van der Waals surface area contributed by atoms with Crippen LogP contribution in [0.2, 0.25) is 0 Å². The number of hydrogen-bond donors (Lipinski definition) is 3. The fraction of sp³-hybridized carbons (Fsp3) is 0. The molecule has 102 valence electrons. The number of aromatic nitrogens is 2. The predicted octanol–water partition coefficient (Wildman–Crippen LogP) is 2.34. The Hall–Kier alpha value is -3.08. The fourth-order valence-electron chi connectivity index (χ4n) is 2.64. The number of aromatic amines is 1. The van der Waals surface area contributed by atoms with Gasteiger partial charge in [-0.05, 0) is 23.8 Å². The lowest BCUT2D eigenvalue weighted by Gasteiger charge is -2.06. The van der Waals surface area contributed by atoms with Crippen molar-refractivity contribution < 1.29 is 4.79 Å². The average molecular weight is 276 g/mol. The number of hydrogen-bond acceptors (Lipinski definition) is 3. The number of para-hydroxylation sites is 1. The van der Waals surface area contributed by atoms with Gasteiger partial charge in [-0.1, -0.05) is 24.3 Å². The van der Waals surface area contributed by atoms with E-state index in [1.807, 2.05) is 42.5 Å². The third kappa shape index (κ3) is 1.71. The maximum Gasteiger partial charge on any atom is 0.258 e. The molecule has 3 aromatic rings. The minimum Gasteiger partial charge on any atom is -0.398 e. The molecule has 5 nitrogen and oxygen atoms in total. The Morgan fingerprint density at radius 1 is 1.14 bits per heavy atom. The van der Waals surface area contributed by atoms with E-state index in [1.165, 1.54) is 0 Å². The third-order valence-electron chi connectivity index (χ3n) is 3.69. The lowest BCUT2D eigenvalue weighted by atomic mass is 10.0. The number of fused-ring (bicyclic) bond motifs is 2. The number of nitrogens with one attached hydrogen (secondary N) is 2. The number of H-pyrrole nitrogens is 1. The molecule has 21 heavy (non-hydrogen) atoms. The van der Waals surface area contributed by atoms with Crippen LogP contribution in [0.3, 0.4) is 0 Å². The van der Waals surface area contributed by atoms with E-state index in [1.54, 1.807) is 6.20 Å². The van der Waals surface area contributed by atoms with Gasteiger partial charge >= 0.3 is 0 Å². The van der Waals surface area contributed by atoms with Crippen molar-refractivity contribution in [3.8, 4) is 0 Å². The highest BCUT2D eigenvalue weighted by Crippen LogP contribution is 2.35. The van der Waals surface area contributed by atoms with E-state index in [-0.39, 0.29) is 5.91 Å². The Morgan fingerprint density at radius 2 is 2.00 bits per heavy atom. The molecule has 2 aromatic carbocycles. The zero-order valence-electron chi connectivity index (χ0n) is 11.1. The molecule has 1 aliphatic heterocycles. The van der Waals surface area contributed by atoms with Crippen LogP contribution in [0.15, 0.2) is 48.7 Å². The van der Waals surface area contributed by atoms with Gasteiger partial charge in [-0.2, -0.15) is 5.10 Å². The first-order valence-corrected chi connectivity index (χ1v) is 6.58. The van der Waals surface area contributed by atoms with Crippen molar-refractivity contribution in [2.75, 3.05) is 5.32 Å². The van der Waals surface area contributed by atoms with Crippen molar-refractivity contribution in [1.82, 2.24) is 10.2 Å². The van der Waals surface area contributed by atoms with E-state index >= 15 is 0 Å². The number of nitrogens with two attached hydrogens (primary N) is 1. The Kier molecular flexibility index (Phi) is 2.35. The third-order valence-corrected chi connectivity index (χ3v) is 3.69. The molecular formula is C16H12N4O. The molecule has 0 unspecified atom stereocenters. The van der Waals surface area contributed by atoms with Crippen LogP contribution in [-0.4, -0.2) is 16.1 Å². The monoisotopic (exact) mass is 276 g/mol. The summed E-state index contributed by atoms with van der Waals surface area (Å²) in [6, 6.07) is 13.3. The van der Waals surface area contributed by atoms with Gasteiger partial charge in [0, 0.05) is 16.6 Å². The lowest BCUT2D eigenvalue weighted by Crippen LogP contribution is -2.09. The second kappa shape index (κ2) is 4.21. The molecule has 1 aromatic heterocycles. The number of anilines is 1. The molecule has 2 heterocycles. The molecular weight excluding hydrogens is 264 g/mol. The van der Waals surface area contributed by atoms with Gasteiger partial charge in [0.25, 0.3) is 5.91 Å². The SMILES string of the molecule is N/C(=C1\C(=O)Nc2ccccc21)c1ccc2[nH]ncc2c1. The fourth-order valence-corrected chi connectivity index (χ4v) is 2.64. The van der Waals surface area contributed by atoms with Crippen molar-refractivity contribution in [2.24, 2.45) is 5.73 Å². The Balaban J connectivity index is 1.93. The van der Waals surface area contributed by atoms with Crippen molar-refractivity contribution in [3.63, 3.8) is 0 Å². The van der Waals surface area contributed by atoms with Crippen LogP contribution in [0.1, 0.15) is 11.1 Å². The number of nitrogens with zero attached hydrogens (tertiary/aromatic N) is 1. The van der Waals surface area contributed by atoms with Gasteiger partial charge in [-0.25, -0.2) is 0 Å². The summed E-state index contributed by atoms with van der Waals surface area (Å²) in [5.41, 5.74) is 10.6. The highest BCUT2D eigenvalue weighted by Gasteiger charge is 2.26. The molecule has 4 N–H and O–H groups in total. The van der Waals surface area contributed by atoms with Crippen LogP contribution < -0.4 is 11.1 Å². The molecule has 0 atom stereocenters. The lowest BCUT2D eigenvalue weighted by molar-refractivity contribution is -0.110. The second-order valence-electron chi connectivity index (χ2n) is 4.96. The molecule has 4 rings (SSSR count). The second-order valence-corrected chi connectivity index (χ2v) is 4.96. The Morgan fingerprint density at radius 3 is 2.90 bits per heavy atom. The van der Waals surface area contributed by atoms with Gasteiger partial charge < -0.3 is 11.1 Å². The summed E-state index contributed by atoms with van der Waals surface area (Å²) in [7, 11) is 0. The van der Waals surface area contributed by atoms with Crippen LogP contribution in [0.5, 0.6) is 0 Å². The first kappa shape index (κ1) is 11.7. The molecule has 1 aliphatic rings. The average Bonchev–Trinajstić information content (AvgIpc) is 3.08. The first-order chi connectivity index (χ1) is 10.2. The van der Waals surface area contributed by atoms with E-state index in [0.717, 1.165) is 27.7 Å². The van der Waals surface area contributed by atoms with Crippen molar-refractivity contribution >= 4 is 33.8 Å². The van der Waals surface area contributed by atoms with Crippen LogP contribution >= 0.6 is 0 Å². The summed E-state index contributed by atoms with van der Waals surface area (Å²) in [6.45, 7) is 0. The Bertz CT molecular complexity index is 907. The first-order valence-electron chi connectivity index (χ1n) is 6.58. The number of benzene rings is 2. The van der Waals surface area contributed by atoms with E-state index in [2.05, 4.69) is 15.5 Å². The zero-order chi connectivity index (χ0) is 14.4. The summed E-state index contributed by atoms with van der Waals surface area (Å²) in [5.74, 6) is -0.166. The number of rotatable bonds is 1. The summed E-state index contributed by atoms with van der Waals surface area (Å²) in [4.78, 5) is 12.2. The van der Waals surface area contributed by atoms with Crippen molar-refractivity contribution in [3.05, 3.63) is 59.8 Å². The molecule has 0 saturated heterocycles. The summed E-state index contributed by atoms with van der Waals surface area (Å²) in [5, 5.41) is 10.7. The molecule has 1 amide bonds. The molecule has 0 bridgehead atoms. The molecule has 0 aliphatic carbocycles. The summed E-state index contributed by atoms with van der Waals surface area (Å²) >= 11 is 0. The van der Waals surface area contributed by atoms with Crippen LogP contribution in [0.25, 0.3) is 22.2 Å². The van der Waals surface area contributed by atoms with Gasteiger partial charge in [-0.15, -0.1) is 0 Å². The van der Waals surface area contributed by atoms with Crippen LogP contribution in [0, 0.1) is 0 Å². The van der Waals surface area contributed by atoms with E-state index < -0.39 is 0 Å². The standard InChI is InChI=1S/C16H12N4O/c17-15(9-5-6-12-10(7-9)8-18-20-12)14-11-3-1-2-4-13(11)19-16(14)21/h1-8H,17H2,(H,18,20)(H,19,21)/b15-14-.